The molecular formula is C10H8BrClO. The molecule has 0 aliphatic heterocycles. The average Bonchev–Trinajstić information content (AvgIpc) is 2.10. The zero-order chi connectivity index (χ0) is 9.84. The number of hydrogen-bond donors (Lipinski definition) is 0. The molecule has 0 saturated heterocycles. The van der Waals surface area contributed by atoms with E-state index in [9.17, 15) is 4.79 Å². The quantitative estimate of drug-likeness (QED) is 0.582. The third-order valence-electron chi connectivity index (χ3n) is 1.52. The molecular weight excluding hydrogens is 251 g/mol. The zero-order valence-corrected chi connectivity index (χ0v) is 9.39. The van der Waals surface area contributed by atoms with E-state index in [0.717, 1.165) is 4.47 Å². The maximum Gasteiger partial charge on any atom is 0.185 e. The first-order chi connectivity index (χ1) is 6.15. The van der Waals surface area contributed by atoms with Crippen molar-refractivity contribution >= 4 is 33.3 Å². The molecule has 0 unspecified atom stereocenters. The van der Waals surface area contributed by atoms with E-state index >= 15 is 0 Å². The molecule has 1 nitrogen and oxygen atoms in total. The lowest BCUT2D eigenvalue weighted by Gasteiger charge is -1.98. The van der Waals surface area contributed by atoms with Crippen LogP contribution in [-0.2, 0) is 0 Å². The highest BCUT2D eigenvalue weighted by Crippen LogP contribution is 2.23. The molecule has 1 rings (SSSR count). The molecule has 0 fully saturated rings. The molecule has 0 radical (unpaired) electrons. The van der Waals surface area contributed by atoms with E-state index in [-0.39, 0.29) is 5.78 Å². The van der Waals surface area contributed by atoms with Crippen molar-refractivity contribution in [2.24, 2.45) is 0 Å². The summed E-state index contributed by atoms with van der Waals surface area (Å²) in [5.41, 5.74) is 0.603. The van der Waals surface area contributed by atoms with Gasteiger partial charge in [0.25, 0.3) is 0 Å². The summed E-state index contributed by atoms with van der Waals surface area (Å²) >= 11 is 9.09. The number of hydrogen-bond acceptors (Lipinski definition) is 1. The van der Waals surface area contributed by atoms with Gasteiger partial charge in [0.2, 0.25) is 0 Å². The Hall–Kier alpha value is -0.600. The minimum atomic E-state index is -0.0306. The van der Waals surface area contributed by atoms with Crippen molar-refractivity contribution in [2.75, 3.05) is 0 Å². The molecule has 1 aromatic rings. The molecule has 0 spiro atoms. The van der Waals surface area contributed by atoms with Crippen LogP contribution in [0, 0.1) is 0 Å². The Labute approximate surface area is 90.5 Å². The molecule has 13 heavy (non-hydrogen) atoms. The molecule has 0 aliphatic rings. The van der Waals surface area contributed by atoms with Gasteiger partial charge in [-0.25, -0.2) is 0 Å². The summed E-state index contributed by atoms with van der Waals surface area (Å²) in [6, 6.07) is 5.14. The van der Waals surface area contributed by atoms with Crippen molar-refractivity contribution < 1.29 is 4.79 Å². The molecule has 0 aromatic heterocycles. The van der Waals surface area contributed by atoms with Crippen molar-refractivity contribution in [1.29, 1.82) is 0 Å². The van der Waals surface area contributed by atoms with Gasteiger partial charge in [-0.3, -0.25) is 4.79 Å². The molecule has 68 valence electrons. The van der Waals surface area contributed by atoms with Crippen molar-refractivity contribution in [3.8, 4) is 0 Å². The van der Waals surface area contributed by atoms with E-state index < -0.39 is 0 Å². The summed E-state index contributed by atoms with van der Waals surface area (Å²) < 4.78 is 0.797. The standard InChI is InChI=1S/C10H8BrClO/c1-2-3-10(13)7-4-5-8(11)9(12)6-7/h2-6H,1H3/b3-2+. The molecule has 0 aliphatic carbocycles. The first kappa shape index (κ1) is 10.5. The van der Waals surface area contributed by atoms with Gasteiger partial charge in [0.05, 0.1) is 5.02 Å². The third-order valence-corrected chi connectivity index (χ3v) is 2.75. The number of allylic oxidation sites excluding steroid dienone is 2. The Kier molecular flexibility index (Phi) is 3.70. The van der Waals surface area contributed by atoms with Crippen molar-refractivity contribution in [2.45, 2.75) is 6.92 Å². The molecule has 0 atom stereocenters. The smallest absolute Gasteiger partial charge is 0.185 e. The van der Waals surface area contributed by atoms with Crippen LogP contribution in [0.1, 0.15) is 17.3 Å². The van der Waals surface area contributed by atoms with Crippen LogP contribution in [0.5, 0.6) is 0 Å². The van der Waals surface area contributed by atoms with Crippen molar-refractivity contribution in [3.05, 3.63) is 45.4 Å². The molecule has 3 heteroatoms. The monoisotopic (exact) mass is 258 g/mol. The summed E-state index contributed by atoms with van der Waals surface area (Å²) in [5, 5.41) is 0.551. The fraction of sp³-hybridized carbons (Fsp3) is 0.100. The van der Waals surface area contributed by atoms with Crippen LogP contribution in [0.3, 0.4) is 0 Å². The molecule has 0 saturated carbocycles. The van der Waals surface area contributed by atoms with Gasteiger partial charge in [0.1, 0.15) is 0 Å². The van der Waals surface area contributed by atoms with Gasteiger partial charge < -0.3 is 0 Å². The molecule has 0 amide bonds. The van der Waals surface area contributed by atoms with Crippen molar-refractivity contribution in [1.82, 2.24) is 0 Å². The molecule has 1 aromatic carbocycles. The summed E-state index contributed by atoms with van der Waals surface area (Å²) in [4.78, 5) is 11.3. The van der Waals surface area contributed by atoms with Gasteiger partial charge in [-0.1, -0.05) is 17.7 Å². The molecule has 0 heterocycles. The lowest BCUT2D eigenvalue weighted by atomic mass is 10.1. The van der Waals surface area contributed by atoms with Gasteiger partial charge in [-0.2, -0.15) is 0 Å². The average molecular weight is 260 g/mol. The molecule has 0 N–H and O–H groups in total. The number of carbonyl (C=O) groups excluding carboxylic acids is 1. The van der Waals surface area contributed by atoms with Crippen LogP contribution in [0.4, 0.5) is 0 Å². The highest BCUT2D eigenvalue weighted by atomic mass is 79.9. The summed E-state index contributed by atoms with van der Waals surface area (Å²) in [6.07, 6.45) is 3.22. The van der Waals surface area contributed by atoms with E-state index in [1.165, 1.54) is 6.08 Å². The summed E-state index contributed by atoms with van der Waals surface area (Å²) in [7, 11) is 0. The first-order valence-corrected chi connectivity index (χ1v) is 4.94. The number of benzene rings is 1. The maximum absolute atomic E-state index is 11.3. The van der Waals surface area contributed by atoms with Gasteiger partial charge in [0.15, 0.2) is 5.78 Å². The summed E-state index contributed by atoms with van der Waals surface area (Å²) in [5.74, 6) is -0.0306. The van der Waals surface area contributed by atoms with E-state index in [2.05, 4.69) is 15.9 Å². The predicted octanol–water partition coefficient (Wildman–Crippen LogP) is 3.86. The Morgan fingerprint density at radius 3 is 2.77 bits per heavy atom. The lowest BCUT2D eigenvalue weighted by molar-refractivity contribution is 0.104. The van der Waals surface area contributed by atoms with Crippen LogP contribution < -0.4 is 0 Å². The van der Waals surface area contributed by atoms with E-state index in [1.54, 1.807) is 31.2 Å². The van der Waals surface area contributed by atoms with Crippen LogP contribution in [0.25, 0.3) is 0 Å². The van der Waals surface area contributed by atoms with Gasteiger partial charge in [0, 0.05) is 10.0 Å². The normalized spacial score (nSPS) is 10.7. The second-order valence-corrected chi connectivity index (χ2v) is 3.75. The van der Waals surface area contributed by atoms with E-state index in [0.29, 0.717) is 10.6 Å². The largest absolute Gasteiger partial charge is 0.289 e. The Bertz CT molecular complexity index is 358. The minimum absolute atomic E-state index is 0.0306. The van der Waals surface area contributed by atoms with E-state index in [1.807, 2.05) is 0 Å². The van der Waals surface area contributed by atoms with Crippen LogP contribution in [0.2, 0.25) is 5.02 Å². The van der Waals surface area contributed by atoms with Gasteiger partial charge in [-0.15, -0.1) is 0 Å². The second-order valence-electron chi connectivity index (χ2n) is 2.49. The minimum Gasteiger partial charge on any atom is -0.289 e. The number of halogens is 2. The predicted molar refractivity (Wildman–Crippen MR) is 58.3 cm³/mol. The fourth-order valence-electron chi connectivity index (χ4n) is 0.897. The number of ketones is 1. The number of rotatable bonds is 2. The maximum atomic E-state index is 11.3. The van der Waals surface area contributed by atoms with Gasteiger partial charge >= 0.3 is 0 Å². The van der Waals surface area contributed by atoms with Crippen LogP contribution in [0.15, 0.2) is 34.8 Å². The SMILES string of the molecule is C/C=C/C(=O)c1ccc(Br)c(Cl)c1. The second kappa shape index (κ2) is 4.58. The van der Waals surface area contributed by atoms with Crippen molar-refractivity contribution in [3.63, 3.8) is 0 Å². The third kappa shape index (κ3) is 2.68. The Balaban J connectivity index is 3.04. The highest BCUT2D eigenvalue weighted by molar-refractivity contribution is 9.10. The Morgan fingerprint density at radius 2 is 2.23 bits per heavy atom. The Morgan fingerprint density at radius 1 is 1.54 bits per heavy atom. The topological polar surface area (TPSA) is 17.1 Å². The number of carbonyl (C=O) groups is 1. The van der Waals surface area contributed by atoms with Crippen LogP contribution >= 0.6 is 27.5 Å². The highest BCUT2D eigenvalue weighted by Gasteiger charge is 2.03. The lowest BCUT2D eigenvalue weighted by Crippen LogP contribution is -1.93. The summed E-state index contributed by atoms with van der Waals surface area (Å²) in [6.45, 7) is 1.80. The van der Waals surface area contributed by atoms with Crippen LogP contribution in [-0.4, -0.2) is 5.78 Å². The fourth-order valence-corrected chi connectivity index (χ4v) is 1.32. The van der Waals surface area contributed by atoms with E-state index in [4.69, 9.17) is 11.6 Å². The molecule has 0 bridgehead atoms. The zero-order valence-electron chi connectivity index (χ0n) is 7.05. The first-order valence-electron chi connectivity index (χ1n) is 3.77. The van der Waals surface area contributed by atoms with Gasteiger partial charge in [-0.05, 0) is 47.1 Å².